The van der Waals surface area contributed by atoms with E-state index in [4.69, 9.17) is 4.74 Å². The van der Waals surface area contributed by atoms with Crippen LogP contribution in [0.1, 0.15) is 0 Å². The standard InChI is InChI=1S/C8H12N4O5S/c1-10-6-9-7(8(10)12(13)14)18(15,16)11-2-4-17-5-3-11/h6H,2-5H2,1H3. The molecular weight excluding hydrogens is 264 g/mol. The van der Waals surface area contributed by atoms with Gasteiger partial charge >= 0.3 is 5.82 Å². The van der Waals surface area contributed by atoms with E-state index < -0.39 is 25.8 Å². The van der Waals surface area contributed by atoms with E-state index in [9.17, 15) is 18.5 Å². The molecule has 0 atom stereocenters. The maximum Gasteiger partial charge on any atom is 0.363 e. The number of sulfonamides is 1. The summed E-state index contributed by atoms with van der Waals surface area (Å²) in [6.45, 7) is 0.909. The average molecular weight is 276 g/mol. The van der Waals surface area contributed by atoms with Crippen LogP contribution >= 0.6 is 0 Å². The Bertz CT molecular complexity index is 560. The summed E-state index contributed by atoms with van der Waals surface area (Å²) in [5, 5.41) is 10.4. The van der Waals surface area contributed by atoms with Crippen molar-refractivity contribution < 1.29 is 18.1 Å². The Morgan fingerprint density at radius 2 is 2.06 bits per heavy atom. The normalized spacial score (nSPS) is 17.8. The van der Waals surface area contributed by atoms with Gasteiger partial charge in [0.15, 0.2) is 6.33 Å². The molecule has 1 aromatic heterocycles. The van der Waals surface area contributed by atoms with Crippen molar-refractivity contribution in [3.05, 3.63) is 16.4 Å². The molecule has 2 rings (SSSR count). The average Bonchev–Trinajstić information content (AvgIpc) is 2.73. The van der Waals surface area contributed by atoms with E-state index in [2.05, 4.69) is 4.98 Å². The minimum absolute atomic E-state index is 0.177. The second-order valence-electron chi connectivity index (χ2n) is 3.76. The minimum Gasteiger partial charge on any atom is -0.379 e. The quantitative estimate of drug-likeness (QED) is 0.536. The van der Waals surface area contributed by atoms with Crippen LogP contribution in [-0.4, -0.2) is 53.5 Å². The second-order valence-corrected chi connectivity index (χ2v) is 5.61. The number of aryl methyl sites for hydroxylation is 1. The molecule has 10 heteroatoms. The van der Waals surface area contributed by atoms with E-state index in [0.717, 1.165) is 15.2 Å². The van der Waals surface area contributed by atoms with Gasteiger partial charge in [0.25, 0.3) is 15.0 Å². The zero-order valence-corrected chi connectivity index (χ0v) is 10.5. The number of hydrogen-bond donors (Lipinski definition) is 0. The van der Waals surface area contributed by atoms with Gasteiger partial charge in [-0.15, -0.1) is 0 Å². The Labute approximate surface area is 103 Å². The molecule has 1 aromatic rings. The molecule has 0 saturated carbocycles. The van der Waals surface area contributed by atoms with Crippen molar-refractivity contribution in [1.29, 1.82) is 0 Å². The number of ether oxygens (including phenoxy) is 1. The van der Waals surface area contributed by atoms with Crippen molar-refractivity contribution in [2.75, 3.05) is 26.3 Å². The van der Waals surface area contributed by atoms with Crippen LogP contribution in [0.2, 0.25) is 0 Å². The van der Waals surface area contributed by atoms with Crippen LogP contribution in [-0.2, 0) is 21.8 Å². The highest BCUT2D eigenvalue weighted by Gasteiger charge is 2.36. The molecule has 0 bridgehead atoms. The van der Waals surface area contributed by atoms with E-state index in [-0.39, 0.29) is 26.3 Å². The molecule has 0 N–H and O–H groups in total. The van der Waals surface area contributed by atoms with E-state index in [1.165, 1.54) is 7.05 Å². The first-order chi connectivity index (χ1) is 8.44. The van der Waals surface area contributed by atoms with E-state index in [1.54, 1.807) is 0 Å². The molecule has 100 valence electrons. The Morgan fingerprint density at radius 1 is 1.44 bits per heavy atom. The van der Waals surface area contributed by atoms with Crippen LogP contribution in [0.25, 0.3) is 0 Å². The predicted molar refractivity (Wildman–Crippen MR) is 59.4 cm³/mol. The lowest BCUT2D eigenvalue weighted by molar-refractivity contribution is -0.394. The topological polar surface area (TPSA) is 108 Å². The molecule has 1 fully saturated rings. The Hall–Kier alpha value is -1.52. The fraction of sp³-hybridized carbons (Fsp3) is 0.625. The van der Waals surface area contributed by atoms with Gasteiger partial charge in [0.05, 0.1) is 20.3 Å². The van der Waals surface area contributed by atoms with Crippen LogP contribution in [0.3, 0.4) is 0 Å². The summed E-state index contributed by atoms with van der Waals surface area (Å²) in [7, 11) is -2.56. The molecule has 1 aliphatic rings. The molecule has 0 spiro atoms. The zero-order valence-electron chi connectivity index (χ0n) is 9.64. The molecule has 0 unspecified atom stereocenters. The lowest BCUT2D eigenvalue weighted by Crippen LogP contribution is -2.41. The van der Waals surface area contributed by atoms with Gasteiger partial charge < -0.3 is 14.9 Å². The van der Waals surface area contributed by atoms with Crippen molar-refractivity contribution in [3.8, 4) is 0 Å². The number of rotatable bonds is 3. The molecule has 0 aliphatic carbocycles. The molecular formula is C8H12N4O5S. The van der Waals surface area contributed by atoms with Gasteiger partial charge in [-0.3, -0.25) is 0 Å². The monoisotopic (exact) mass is 276 g/mol. The first kappa shape index (κ1) is 12.9. The van der Waals surface area contributed by atoms with Gasteiger partial charge in [0, 0.05) is 13.1 Å². The third kappa shape index (κ3) is 2.09. The van der Waals surface area contributed by atoms with Gasteiger partial charge in [0.2, 0.25) is 0 Å². The fourth-order valence-electron chi connectivity index (χ4n) is 1.70. The maximum absolute atomic E-state index is 12.2. The molecule has 1 aliphatic heterocycles. The number of aromatic nitrogens is 2. The Morgan fingerprint density at radius 3 is 2.61 bits per heavy atom. The third-order valence-corrected chi connectivity index (χ3v) is 4.42. The Balaban J connectivity index is 2.44. The molecule has 2 heterocycles. The van der Waals surface area contributed by atoms with Gasteiger partial charge in [-0.05, 0) is 4.92 Å². The fourth-order valence-corrected chi connectivity index (χ4v) is 3.20. The summed E-state index contributed by atoms with van der Waals surface area (Å²) < 4.78 is 31.7. The zero-order chi connectivity index (χ0) is 13.3. The van der Waals surface area contributed by atoms with Crippen LogP contribution in [0.5, 0.6) is 0 Å². The molecule has 9 nitrogen and oxygen atoms in total. The third-order valence-electron chi connectivity index (χ3n) is 2.60. The minimum atomic E-state index is -3.94. The first-order valence-corrected chi connectivity index (χ1v) is 6.62. The van der Waals surface area contributed by atoms with Crippen molar-refractivity contribution in [1.82, 2.24) is 13.9 Å². The van der Waals surface area contributed by atoms with Gasteiger partial charge in [-0.2, -0.15) is 9.29 Å². The predicted octanol–water partition coefficient (Wildman–Crippen LogP) is -0.651. The largest absolute Gasteiger partial charge is 0.379 e. The van der Waals surface area contributed by atoms with E-state index in [1.807, 2.05) is 0 Å². The van der Waals surface area contributed by atoms with Crippen molar-refractivity contribution in [2.45, 2.75) is 5.03 Å². The summed E-state index contributed by atoms with van der Waals surface area (Å²) in [4.78, 5) is 13.8. The van der Waals surface area contributed by atoms with Crippen LogP contribution in [0.4, 0.5) is 5.82 Å². The van der Waals surface area contributed by atoms with Crippen LogP contribution in [0, 0.1) is 10.1 Å². The van der Waals surface area contributed by atoms with E-state index in [0.29, 0.717) is 0 Å². The lowest BCUT2D eigenvalue weighted by Gasteiger charge is -2.24. The highest BCUT2D eigenvalue weighted by Crippen LogP contribution is 2.24. The number of morpholine rings is 1. The molecule has 1 saturated heterocycles. The van der Waals surface area contributed by atoms with Gasteiger partial charge in [-0.1, -0.05) is 0 Å². The summed E-state index contributed by atoms with van der Waals surface area (Å²) in [5.74, 6) is -0.526. The van der Waals surface area contributed by atoms with Gasteiger partial charge in [-0.25, -0.2) is 13.0 Å². The summed E-state index contributed by atoms with van der Waals surface area (Å²) in [5.41, 5.74) is 0. The lowest BCUT2D eigenvalue weighted by atomic mass is 10.5. The van der Waals surface area contributed by atoms with Crippen LogP contribution in [0.15, 0.2) is 11.4 Å². The Kier molecular flexibility index (Phi) is 3.32. The number of imidazole rings is 1. The van der Waals surface area contributed by atoms with Crippen molar-refractivity contribution in [2.24, 2.45) is 7.05 Å². The summed E-state index contributed by atoms with van der Waals surface area (Å²) in [6.07, 6.45) is 1.12. The summed E-state index contributed by atoms with van der Waals surface area (Å²) >= 11 is 0. The van der Waals surface area contributed by atoms with E-state index >= 15 is 0 Å². The first-order valence-electron chi connectivity index (χ1n) is 5.18. The SMILES string of the molecule is Cn1cnc(S(=O)(=O)N2CCOCC2)c1[N+](=O)[O-]. The van der Waals surface area contributed by atoms with Crippen LogP contribution < -0.4 is 0 Å². The summed E-state index contributed by atoms with van der Waals surface area (Å²) in [6, 6.07) is 0. The van der Waals surface area contributed by atoms with Crippen molar-refractivity contribution in [3.63, 3.8) is 0 Å². The number of hydrogen-bond acceptors (Lipinski definition) is 6. The molecule has 0 amide bonds. The number of nitrogens with zero attached hydrogens (tertiary/aromatic N) is 4. The number of nitro groups is 1. The van der Waals surface area contributed by atoms with Gasteiger partial charge in [0.1, 0.15) is 0 Å². The smallest absolute Gasteiger partial charge is 0.363 e. The molecule has 0 radical (unpaired) electrons. The molecule has 0 aromatic carbocycles. The maximum atomic E-state index is 12.2. The second kappa shape index (κ2) is 4.63. The highest BCUT2D eigenvalue weighted by molar-refractivity contribution is 7.89. The molecule has 18 heavy (non-hydrogen) atoms. The van der Waals surface area contributed by atoms with Crippen molar-refractivity contribution >= 4 is 15.8 Å². The highest BCUT2D eigenvalue weighted by atomic mass is 32.2.